The summed E-state index contributed by atoms with van der Waals surface area (Å²) in [6.45, 7) is 6.49. The quantitative estimate of drug-likeness (QED) is 0.890. The van der Waals surface area contributed by atoms with Gasteiger partial charge in [0.15, 0.2) is 0 Å². The van der Waals surface area contributed by atoms with Crippen molar-refractivity contribution >= 4 is 16.7 Å². The van der Waals surface area contributed by atoms with E-state index in [0.29, 0.717) is 19.4 Å². The zero-order valence-corrected chi connectivity index (χ0v) is 13.6. The molecular formula is C19H25NO2. The Morgan fingerprint density at radius 1 is 1.14 bits per heavy atom. The third-order valence-corrected chi connectivity index (χ3v) is 3.97. The van der Waals surface area contributed by atoms with Crippen molar-refractivity contribution in [2.75, 3.05) is 6.54 Å². The Labute approximate surface area is 132 Å². The summed E-state index contributed by atoms with van der Waals surface area (Å²) in [7, 11) is 0. The number of carbonyl (C=O) groups excluding carboxylic acids is 1. The minimum atomic E-state index is -0.412. The number of aliphatic hydroxyl groups is 1. The maximum atomic E-state index is 12.1. The monoisotopic (exact) mass is 299 g/mol. The van der Waals surface area contributed by atoms with Crippen LogP contribution >= 0.6 is 0 Å². The number of hydrogen-bond donors (Lipinski definition) is 2. The second-order valence-electron chi connectivity index (χ2n) is 6.84. The summed E-state index contributed by atoms with van der Waals surface area (Å²) >= 11 is 0. The van der Waals surface area contributed by atoms with Gasteiger partial charge in [0.05, 0.1) is 12.5 Å². The highest BCUT2D eigenvalue weighted by Gasteiger charge is 2.21. The molecule has 0 bridgehead atoms. The molecule has 0 fully saturated rings. The number of rotatable bonds is 5. The van der Waals surface area contributed by atoms with E-state index in [4.69, 9.17) is 0 Å². The van der Waals surface area contributed by atoms with E-state index in [0.717, 1.165) is 16.3 Å². The van der Waals surface area contributed by atoms with Gasteiger partial charge in [-0.25, -0.2) is 0 Å². The van der Waals surface area contributed by atoms with E-state index < -0.39 is 6.10 Å². The molecule has 0 heterocycles. The summed E-state index contributed by atoms with van der Waals surface area (Å²) in [5.74, 6) is -0.00235. The number of benzene rings is 2. The van der Waals surface area contributed by atoms with Gasteiger partial charge >= 0.3 is 0 Å². The Balaban J connectivity index is 1.92. The third kappa shape index (κ3) is 4.31. The van der Waals surface area contributed by atoms with Crippen molar-refractivity contribution in [1.82, 2.24) is 5.32 Å². The van der Waals surface area contributed by atoms with Gasteiger partial charge in [0.25, 0.3) is 0 Å². The summed E-state index contributed by atoms with van der Waals surface area (Å²) < 4.78 is 0. The highest BCUT2D eigenvalue weighted by Crippen LogP contribution is 2.21. The Hall–Kier alpha value is -1.87. The molecule has 1 atom stereocenters. The van der Waals surface area contributed by atoms with Crippen LogP contribution in [0.2, 0.25) is 0 Å². The Morgan fingerprint density at radius 2 is 1.82 bits per heavy atom. The smallest absolute Gasteiger partial charge is 0.224 e. The summed E-state index contributed by atoms with van der Waals surface area (Å²) in [5, 5.41) is 15.1. The summed E-state index contributed by atoms with van der Waals surface area (Å²) in [6.07, 6.45) is 0.530. The standard InChI is InChI=1S/C19H25NO2/c1-19(2,3)17(21)11-12-20-18(22)13-15-9-6-8-14-7-4-5-10-16(14)15/h4-10,17,21H,11-13H2,1-3H3,(H,20,22). The number of nitrogens with one attached hydrogen (secondary N) is 1. The molecule has 1 unspecified atom stereocenters. The molecule has 22 heavy (non-hydrogen) atoms. The highest BCUT2D eigenvalue weighted by molar-refractivity contribution is 5.90. The van der Waals surface area contributed by atoms with Gasteiger partial charge in [-0.15, -0.1) is 0 Å². The van der Waals surface area contributed by atoms with Gasteiger partial charge in [0.1, 0.15) is 0 Å². The maximum absolute atomic E-state index is 12.1. The molecule has 0 saturated carbocycles. The molecule has 3 heteroatoms. The Morgan fingerprint density at radius 3 is 2.55 bits per heavy atom. The topological polar surface area (TPSA) is 49.3 Å². The van der Waals surface area contributed by atoms with Crippen molar-refractivity contribution in [1.29, 1.82) is 0 Å². The van der Waals surface area contributed by atoms with Gasteiger partial charge in [-0.3, -0.25) is 4.79 Å². The fraction of sp³-hybridized carbons (Fsp3) is 0.421. The lowest BCUT2D eigenvalue weighted by Crippen LogP contribution is -2.33. The van der Waals surface area contributed by atoms with E-state index in [2.05, 4.69) is 17.4 Å². The van der Waals surface area contributed by atoms with E-state index >= 15 is 0 Å². The van der Waals surface area contributed by atoms with E-state index in [1.165, 1.54) is 0 Å². The van der Waals surface area contributed by atoms with Gasteiger partial charge in [-0.05, 0) is 28.2 Å². The number of aliphatic hydroxyl groups excluding tert-OH is 1. The van der Waals surface area contributed by atoms with E-state index in [1.807, 2.05) is 51.1 Å². The largest absolute Gasteiger partial charge is 0.393 e. The lowest BCUT2D eigenvalue weighted by molar-refractivity contribution is -0.120. The summed E-state index contributed by atoms with van der Waals surface area (Å²) in [4.78, 5) is 12.1. The second kappa shape index (κ2) is 6.93. The van der Waals surface area contributed by atoms with E-state index in [-0.39, 0.29) is 11.3 Å². The number of fused-ring (bicyclic) bond motifs is 1. The first kappa shape index (κ1) is 16.5. The normalized spacial score (nSPS) is 13.1. The molecule has 2 aromatic rings. The van der Waals surface area contributed by atoms with Crippen LogP contribution in [0, 0.1) is 5.41 Å². The van der Waals surface area contributed by atoms with Gasteiger partial charge < -0.3 is 10.4 Å². The van der Waals surface area contributed by atoms with Gasteiger partial charge in [-0.1, -0.05) is 63.2 Å². The molecular weight excluding hydrogens is 274 g/mol. The van der Waals surface area contributed by atoms with Crippen LogP contribution in [-0.2, 0) is 11.2 Å². The third-order valence-electron chi connectivity index (χ3n) is 3.97. The van der Waals surface area contributed by atoms with Gasteiger partial charge in [-0.2, -0.15) is 0 Å². The molecule has 2 aromatic carbocycles. The van der Waals surface area contributed by atoms with Crippen LogP contribution in [0.3, 0.4) is 0 Å². The predicted octanol–water partition coefficient (Wildman–Crippen LogP) is 3.30. The van der Waals surface area contributed by atoms with Crippen LogP contribution in [0.5, 0.6) is 0 Å². The molecule has 0 aromatic heterocycles. The Bertz CT molecular complexity index is 638. The SMILES string of the molecule is CC(C)(C)C(O)CCNC(=O)Cc1cccc2ccccc12. The molecule has 0 spiro atoms. The van der Waals surface area contributed by atoms with Crippen LogP contribution in [0.15, 0.2) is 42.5 Å². The molecule has 0 aliphatic heterocycles. The van der Waals surface area contributed by atoms with E-state index in [1.54, 1.807) is 0 Å². The first-order valence-corrected chi connectivity index (χ1v) is 7.79. The van der Waals surface area contributed by atoms with Gasteiger partial charge in [0.2, 0.25) is 5.91 Å². The molecule has 0 saturated heterocycles. The summed E-state index contributed by atoms with van der Waals surface area (Å²) in [5.41, 5.74) is 0.882. The molecule has 118 valence electrons. The highest BCUT2D eigenvalue weighted by atomic mass is 16.3. The van der Waals surface area contributed by atoms with Crippen LogP contribution < -0.4 is 5.32 Å². The summed E-state index contributed by atoms with van der Waals surface area (Å²) in [6, 6.07) is 14.1. The van der Waals surface area contributed by atoms with Crippen molar-refractivity contribution < 1.29 is 9.90 Å². The van der Waals surface area contributed by atoms with Crippen LogP contribution in [-0.4, -0.2) is 23.7 Å². The maximum Gasteiger partial charge on any atom is 0.224 e. The lowest BCUT2D eigenvalue weighted by Gasteiger charge is -2.25. The van der Waals surface area contributed by atoms with Crippen molar-refractivity contribution in [3.8, 4) is 0 Å². The van der Waals surface area contributed by atoms with Crippen molar-refractivity contribution in [2.24, 2.45) is 5.41 Å². The fourth-order valence-corrected chi connectivity index (χ4v) is 2.46. The first-order valence-electron chi connectivity index (χ1n) is 7.79. The van der Waals surface area contributed by atoms with E-state index in [9.17, 15) is 9.90 Å². The van der Waals surface area contributed by atoms with Crippen LogP contribution in [0.4, 0.5) is 0 Å². The molecule has 0 aliphatic carbocycles. The Kier molecular flexibility index (Phi) is 5.19. The average molecular weight is 299 g/mol. The minimum absolute atomic E-state index is 0.00235. The molecule has 0 aliphatic rings. The fourth-order valence-electron chi connectivity index (χ4n) is 2.46. The van der Waals surface area contributed by atoms with Crippen molar-refractivity contribution in [3.63, 3.8) is 0 Å². The predicted molar refractivity (Wildman–Crippen MR) is 90.7 cm³/mol. The van der Waals surface area contributed by atoms with Crippen LogP contribution in [0.25, 0.3) is 10.8 Å². The molecule has 3 nitrogen and oxygen atoms in total. The van der Waals surface area contributed by atoms with Crippen molar-refractivity contribution in [3.05, 3.63) is 48.0 Å². The van der Waals surface area contributed by atoms with Gasteiger partial charge in [0, 0.05) is 6.54 Å². The first-order chi connectivity index (χ1) is 10.4. The number of carbonyl (C=O) groups is 1. The van der Waals surface area contributed by atoms with Crippen molar-refractivity contribution in [2.45, 2.75) is 39.7 Å². The molecule has 2 N–H and O–H groups in total. The molecule has 1 amide bonds. The zero-order chi connectivity index (χ0) is 16.2. The zero-order valence-electron chi connectivity index (χ0n) is 13.6. The average Bonchev–Trinajstić information content (AvgIpc) is 2.46. The second-order valence-corrected chi connectivity index (χ2v) is 6.84. The number of hydrogen-bond acceptors (Lipinski definition) is 2. The van der Waals surface area contributed by atoms with Crippen LogP contribution in [0.1, 0.15) is 32.8 Å². The molecule has 2 rings (SSSR count). The minimum Gasteiger partial charge on any atom is -0.393 e. The number of amides is 1. The molecule has 0 radical (unpaired) electrons. The lowest BCUT2D eigenvalue weighted by atomic mass is 9.87.